The first-order valence-electron chi connectivity index (χ1n) is 19.1. The number of pyridine rings is 1. The molecule has 0 radical (unpaired) electrons. The van der Waals surface area contributed by atoms with Crippen molar-refractivity contribution in [3.63, 3.8) is 0 Å². The largest absolute Gasteiger partial charge is 0.491 e. The van der Waals surface area contributed by atoms with Gasteiger partial charge in [-0.1, -0.05) is 12.2 Å². The fourth-order valence-electron chi connectivity index (χ4n) is 6.91. The number of aromatic nitrogens is 9. The average molecular weight is 794 g/mol. The van der Waals surface area contributed by atoms with E-state index in [0.717, 1.165) is 48.9 Å². The molecule has 0 unspecified atom stereocenters. The highest BCUT2D eigenvalue weighted by molar-refractivity contribution is 7.99. The van der Waals surface area contributed by atoms with Crippen molar-refractivity contribution in [2.75, 3.05) is 48.4 Å². The van der Waals surface area contributed by atoms with E-state index in [9.17, 15) is 14.4 Å². The standard InChI is InChI=1S/C39H47N13O4S/c1-5-51-31(21-25(3)46-51)44-38(54)36-43-29-23-27(34(40)53)24-30(56-18-10-13-48-16-19-57-20-17-48)33(29)49(36)14-7-8-15-50-35-28(11-9-12-41-35)42-37(50)39(55)45-32-22-26(4)47-52(32)6-2/h7-9,11-12,21-24H,5-6,10,13-20H2,1-4H3,(H2,40,53)(H,44,54)(H,45,55)/b8-7+. The van der Waals surface area contributed by atoms with Crippen LogP contribution in [0.4, 0.5) is 11.6 Å². The van der Waals surface area contributed by atoms with Gasteiger partial charge in [0.1, 0.15) is 28.4 Å². The molecule has 7 rings (SSSR count). The molecule has 6 aromatic rings. The predicted octanol–water partition coefficient (Wildman–Crippen LogP) is 4.51. The van der Waals surface area contributed by atoms with E-state index < -0.39 is 17.7 Å². The summed E-state index contributed by atoms with van der Waals surface area (Å²) in [6, 6.07) is 10.4. The highest BCUT2D eigenvalue weighted by Crippen LogP contribution is 2.30. The third-order valence-corrected chi connectivity index (χ3v) is 10.6. The molecule has 0 spiro atoms. The third kappa shape index (κ3) is 8.71. The van der Waals surface area contributed by atoms with Crippen molar-refractivity contribution >= 4 is 63.3 Å². The Hall–Kier alpha value is -6.01. The molecule has 6 heterocycles. The number of aryl methyl sites for hydroxylation is 4. The van der Waals surface area contributed by atoms with Crippen molar-refractivity contribution in [3.05, 3.63) is 83.3 Å². The van der Waals surface area contributed by atoms with Crippen molar-refractivity contribution in [1.82, 2.24) is 48.5 Å². The Balaban J connectivity index is 1.21. The first kappa shape index (κ1) is 39.2. The molecule has 0 atom stereocenters. The Labute approximate surface area is 333 Å². The summed E-state index contributed by atoms with van der Waals surface area (Å²) in [6.07, 6.45) is 6.19. The van der Waals surface area contributed by atoms with Crippen LogP contribution in [0.2, 0.25) is 0 Å². The highest BCUT2D eigenvalue weighted by Gasteiger charge is 2.24. The predicted molar refractivity (Wildman–Crippen MR) is 220 cm³/mol. The Morgan fingerprint density at radius 1 is 0.860 bits per heavy atom. The number of thioether (sulfide) groups is 1. The van der Waals surface area contributed by atoms with E-state index in [4.69, 9.17) is 15.5 Å². The summed E-state index contributed by atoms with van der Waals surface area (Å²) < 4.78 is 13.3. The number of imidazole rings is 2. The Bertz CT molecular complexity index is 2450. The van der Waals surface area contributed by atoms with Gasteiger partial charge in [-0.25, -0.2) is 24.3 Å². The number of primary amides is 1. The fraction of sp³-hybridized carbons (Fsp3) is 0.385. The molecule has 0 aliphatic carbocycles. The zero-order valence-corrected chi connectivity index (χ0v) is 33.4. The number of hydrogen-bond acceptors (Lipinski definition) is 11. The van der Waals surface area contributed by atoms with Crippen LogP contribution in [0.5, 0.6) is 5.75 Å². The topological polar surface area (TPSA) is 198 Å². The van der Waals surface area contributed by atoms with Gasteiger partial charge in [0, 0.05) is 81.2 Å². The molecule has 5 aromatic heterocycles. The number of benzene rings is 1. The monoisotopic (exact) mass is 793 g/mol. The summed E-state index contributed by atoms with van der Waals surface area (Å²) in [5.41, 5.74) is 9.57. The van der Waals surface area contributed by atoms with E-state index >= 15 is 0 Å². The summed E-state index contributed by atoms with van der Waals surface area (Å²) in [5.74, 6) is 2.52. The smallest absolute Gasteiger partial charge is 0.292 e. The number of nitrogens with one attached hydrogen (secondary N) is 2. The van der Waals surface area contributed by atoms with Crippen LogP contribution in [-0.2, 0) is 26.2 Å². The lowest BCUT2D eigenvalue weighted by atomic mass is 10.1. The molecule has 1 aliphatic rings. The summed E-state index contributed by atoms with van der Waals surface area (Å²) in [4.78, 5) is 56.5. The summed E-state index contributed by atoms with van der Waals surface area (Å²) in [6.45, 7) is 12.6. The molecule has 18 heteroatoms. The van der Waals surface area contributed by atoms with Crippen molar-refractivity contribution in [2.45, 2.75) is 60.3 Å². The van der Waals surface area contributed by atoms with Gasteiger partial charge in [-0.05, 0) is 58.4 Å². The number of nitrogens with zero attached hydrogens (tertiary/aromatic N) is 10. The van der Waals surface area contributed by atoms with Crippen LogP contribution in [0.1, 0.15) is 63.3 Å². The highest BCUT2D eigenvalue weighted by atomic mass is 32.2. The van der Waals surface area contributed by atoms with Crippen molar-refractivity contribution in [1.29, 1.82) is 0 Å². The number of ether oxygens (including phenoxy) is 1. The maximum Gasteiger partial charge on any atom is 0.292 e. The van der Waals surface area contributed by atoms with Crippen LogP contribution >= 0.6 is 11.8 Å². The van der Waals surface area contributed by atoms with Gasteiger partial charge in [0.25, 0.3) is 11.8 Å². The summed E-state index contributed by atoms with van der Waals surface area (Å²) in [5, 5.41) is 14.8. The van der Waals surface area contributed by atoms with E-state index in [0.29, 0.717) is 59.3 Å². The molecule has 57 heavy (non-hydrogen) atoms. The van der Waals surface area contributed by atoms with Crippen LogP contribution in [0, 0.1) is 13.8 Å². The number of carbonyl (C=O) groups excluding carboxylic acids is 3. The molecule has 4 N–H and O–H groups in total. The van der Waals surface area contributed by atoms with E-state index in [2.05, 4.69) is 35.7 Å². The van der Waals surface area contributed by atoms with Crippen molar-refractivity contribution in [2.24, 2.45) is 5.73 Å². The lowest BCUT2D eigenvalue weighted by Gasteiger charge is -2.25. The molecule has 298 valence electrons. The van der Waals surface area contributed by atoms with Gasteiger partial charge < -0.3 is 35.1 Å². The number of rotatable bonds is 16. The van der Waals surface area contributed by atoms with E-state index in [1.165, 1.54) is 0 Å². The molecule has 17 nitrogen and oxygen atoms in total. The summed E-state index contributed by atoms with van der Waals surface area (Å²) in [7, 11) is 0. The molecule has 3 amide bonds. The number of anilines is 2. The quantitative estimate of drug-likeness (QED) is 0.0921. The zero-order valence-electron chi connectivity index (χ0n) is 32.6. The average Bonchev–Trinajstić information content (AvgIpc) is 3.97. The van der Waals surface area contributed by atoms with Gasteiger partial charge >= 0.3 is 0 Å². The number of hydrogen-bond donors (Lipinski definition) is 3. The maximum atomic E-state index is 14.1. The fourth-order valence-corrected chi connectivity index (χ4v) is 7.89. The Morgan fingerprint density at radius 2 is 1.47 bits per heavy atom. The number of nitrogens with two attached hydrogens (primary N) is 1. The minimum atomic E-state index is -0.634. The molecule has 0 bridgehead atoms. The Morgan fingerprint density at radius 3 is 2.11 bits per heavy atom. The third-order valence-electron chi connectivity index (χ3n) is 9.61. The van der Waals surface area contributed by atoms with Gasteiger partial charge in [0.05, 0.1) is 23.5 Å². The minimum absolute atomic E-state index is 0.103. The lowest BCUT2D eigenvalue weighted by molar-refractivity contribution is 0.0994. The van der Waals surface area contributed by atoms with E-state index in [1.54, 1.807) is 49.0 Å². The van der Waals surface area contributed by atoms with Crippen LogP contribution in [0.25, 0.3) is 22.2 Å². The van der Waals surface area contributed by atoms with Gasteiger partial charge in [0.15, 0.2) is 5.65 Å². The first-order chi connectivity index (χ1) is 27.6. The number of allylic oxidation sites excluding steroid dienone is 2. The SMILES string of the molecule is CCn1nc(C)cc1NC(=O)c1nc2cccnc2n1C/C=C/Cn1c(C(=O)Nc2cc(C)nn2CC)nc2cc(C(N)=O)cc(OCCCN3CCSCC3)c21. The van der Waals surface area contributed by atoms with Gasteiger partial charge in [0.2, 0.25) is 17.6 Å². The number of fused-ring (bicyclic) bond motifs is 2. The second-order valence-corrected chi connectivity index (χ2v) is 14.9. The van der Waals surface area contributed by atoms with E-state index in [1.807, 2.05) is 63.7 Å². The van der Waals surface area contributed by atoms with E-state index in [-0.39, 0.29) is 30.3 Å². The number of carbonyl (C=O) groups is 3. The first-order valence-corrected chi connectivity index (χ1v) is 20.2. The second-order valence-electron chi connectivity index (χ2n) is 13.7. The molecule has 1 aliphatic heterocycles. The second kappa shape index (κ2) is 17.4. The minimum Gasteiger partial charge on any atom is -0.491 e. The molecular formula is C39H47N13O4S. The molecule has 1 aromatic carbocycles. The van der Waals surface area contributed by atoms with Gasteiger partial charge in [-0.3, -0.25) is 14.4 Å². The molecule has 1 fully saturated rings. The maximum absolute atomic E-state index is 14.1. The van der Waals surface area contributed by atoms with Crippen LogP contribution in [-0.4, -0.2) is 104 Å². The normalized spacial score (nSPS) is 13.5. The number of amides is 3. The molecule has 1 saturated heterocycles. The Kier molecular flexibility index (Phi) is 12.0. The molecule has 0 saturated carbocycles. The van der Waals surface area contributed by atoms with Gasteiger partial charge in [-0.15, -0.1) is 0 Å². The van der Waals surface area contributed by atoms with Crippen LogP contribution in [0.15, 0.2) is 54.7 Å². The van der Waals surface area contributed by atoms with Crippen molar-refractivity contribution in [3.8, 4) is 5.75 Å². The van der Waals surface area contributed by atoms with Crippen molar-refractivity contribution < 1.29 is 19.1 Å². The summed E-state index contributed by atoms with van der Waals surface area (Å²) >= 11 is 1.96. The van der Waals surface area contributed by atoms with Crippen LogP contribution in [0.3, 0.4) is 0 Å². The lowest BCUT2D eigenvalue weighted by Crippen LogP contribution is -2.33. The van der Waals surface area contributed by atoms with Crippen LogP contribution < -0.4 is 21.1 Å². The van der Waals surface area contributed by atoms with Gasteiger partial charge in [-0.2, -0.15) is 22.0 Å². The zero-order chi connectivity index (χ0) is 40.1. The molecular weight excluding hydrogens is 747 g/mol.